The first-order valence-corrected chi connectivity index (χ1v) is 7.13. The summed E-state index contributed by atoms with van der Waals surface area (Å²) in [6.07, 6.45) is 1.40. The predicted molar refractivity (Wildman–Crippen MR) is 82.3 cm³/mol. The van der Waals surface area contributed by atoms with Crippen molar-refractivity contribution in [2.24, 2.45) is 0 Å². The highest BCUT2D eigenvalue weighted by molar-refractivity contribution is 5.39. The van der Waals surface area contributed by atoms with E-state index in [0.29, 0.717) is 0 Å². The summed E-state index contributed by atoms with van der Waals surface area (Å²) < 4.78 is 5.21. The molecule has 0 aromatic heterocycles. The van der Waals surface area contributed by atoms with Gasteiger partial charge in [0, 0.05) is 0 Å². The van der Waals surface area contributed by atoms with Crippen LogP contribution in [0.1, 0.15) is 42.2 Å². The summed E-state index contributed by atoms with van der Waals surface area (Å²) in [6.45, 7) is 4.31. The van der Waals surface area contributed by atoms with Crippen molar-refractivity contribution in [1.82, 2.24) is 0 Å². The Bertz CT molecular complexity index is 575. The van der Waals surface area contributed by atoms with E-state index in [0.717, 1.165) is 29.7 Å². The van der Waals surface area contributed by atoms with Gasteiger partial charge in [0.2, 0.25) is 0 Å². The van der Waals surface area contributed by atoms with Gasteiger partial charge in [-0.05, 0) is 47.2 Å². The summed E-state index contributed by atoms with van der Waals surface area (Å²) in [5, 5.41) is 10.5. The molecule has 2 aromatic rings. The lowest BCUT2D eigenvalue weighted by atomic mass is 9.95. The molecule has 2 rings (SSSR count). The standard InChI is InChI=1S/C18H22O2/c1-4-13-9-10-16(11-14(13)5-2)18(19)15-7-6-8-17(12-15)20-3/h6-12,18-19H,4-5H2,1-3H3. The van der Waals surface area contributed by atoms with Crippen LogP contribution in [0.4, 0.5) is 0 Å². The number of aliphatic hydroxyl groups is 1. The van der Waals surface area contributed by atoms with Gasteiger partial charge in [-0.15, -0.1) is 0 Å². The first-order chi connectivity index (χ1) is 9.69. The molecule has 2 heteroatoms. The Hall–Kier alpha value is -1.80. The number of methoxy groups -OCH3 is 1. The van der Waals surface area contributed by atoms with Gasteiger partial charge in [-0.2, -0.15) is 0 Å². The highest BCUT2D eigenvalue weighted by atomic mass is 16.5. The number of ether oxygens (including phenoxy) is 1. The Morgan fingerprint density at radius 3 is 2.30 bits per heavy atom. The van der Waals surface area contributed by atoms with Crippen LogP contribution in [0.25, 0.3) is 0 Å². The van der Waals surface area contributed by atoms with Gasteiger partial charge in [-0.25, -0.2) is 0 Å². The van der Waals surface area contributed by atoms with Gasteiger partial charge in [0.1, 0.15) is 11.9 Å². The van der Waals surface area contributed by atoms with Crippen LogP contribution < -0.4 is 4.74 Å². The molecule has 2 nitrogen and oxygen atoms in total. The maximum atomic E-state index is 10.5. The maximum Gasteiger partial charge on any atom is 0.119 e. The molecule has 1 unspecified atom stereocenters. The summed E-state index contributed by atoms with van der Waals surface area (Å²) in [5.41, 5.74) is 4.46. The summed E-state index contributed by atoms with van der Waals surface area (Å²) in [6, 6.07) is 13.8. The summed E-state index contributed by atoms with van der Waals surface area (Å²) in [5.74, 6) is 0.766. The van der Waals surface area contributed by atoms with Gasteiger partial charge < -0.3 is 9.84 Å². The number of hydrogen-bond acceptors (Lipinski definition) is 2. The third-order valence-corrected chi connectivity index (χ3v) is 3.72. The minimum Gasteiger partial charge on any atom is -0.497 e. The van der Waals surface area contributed by atoms with Crippen molar-refractivity contribution in [3.8, 4) is 5.75 Å². The largest absolute Gasteiger partial charge is 0.497 e. The molecule has 1 N–H and O–H groups in total. The van der Waals surface area contributed by atoms with Crippen LogP contribution in [-0.4, -0.2) is 12.2 Å². The van der Waals surface area contributed by atoms with Crippen molar-refractivity contribution in [3.05, 3.63) is 64.7 Å². The molecule has 0 saturated heterocycles. The van der Waals surface area contributed by atoms with Crippen molar-refractivity contribution in [1.29, 1.82) is 0 Å². The molecule has 0 fully saturated rings. The van der Waals surface area contributed by atoms with Crippen LogP contribution in [-0.2, 0) is 12.8 Å². The SMILES string of the molecule is CCc1ccc(C(O)c2cccc(OC)c2)cc1CC. The molecule has 0 bridgehead atoms. The fraction of sp³-hybridized carbons (Fsp3) is 0.333. The van der Waals surface area contributed by atoms with Gasteiger partial charge in [0.25, 0.3) is 0 Å². The average Bonchev–Trinajstić information content (AvgIpc) is 2.53. The van der Waals surface area contributed by atoms with E-state index in [2.05, 4.69) is 26.0 Å². The van der Waals surface area contributed by atoms with Gasteiger partial charge in [0.15, 0.2) is 0 Å². The highest BCUT2D eigenvalue weighted by Crippen LogP contribution is 2.27. The van der Waals surface area contributed by atoms with E-state index in [-0.39, 0.29) is 0 Å². The lowest BCUT2D eigenvalue weighted by Gasteiger charge is -2.15. The lowest BCUT2D eigenvalue weighted by Crippen LogP contribution is -2.02. The Morgan fingerprint density at radius 2 is 1.65 bits per heavy atom. The summed E-state index contributed by atoms with van der Waals surface area (Å²) in [4.78, 5) is 0. The Labute approximate surface area is 121 Å². The number of aliphatic hydroxyl groups excluding tert-OH is 1. The maximum absolute atomic E-state index is 10.5. The monoisotopic (exact) mass is 270 g/mol. The van der Waals surface area contributed by atoms with Crippen LogP contribution >= 0.6 is 0 Å². The molecule has 0 aliphatic rings. The van der Waals surface area contributed by atoms with Crippen molar-refractivity contribution in [2.45, 2.75) is 32.8 Å². The zero-order valence-electron chi connectivity index (χ0n) is 12.4. The number of hydrogen-bond donors (Lipinski definition) is 1. The van der Waals surface area contributed by atoms with Gasteiger partial charge in [0.05, 0.1) is 7.11 Å². The molecule has 0 spiro atoms. The van der Waals surface area contributed by atoms with Crippen molar-refractivity contribution >= 4 is 0 Å². The zero-order valence-corrected chi connectivity index (χ0v) is 12.4. The second-order valence-electron chi connectivity index (χ2n) is 4.91. The van der Waals surface area contributed by atoms with Crippen LogP contribution in [0.15, 0.2) is 42.5 Å². The van der Waals surface area contributed by atoms with Gasteiger partial charge in [-0.1, -0.05) is 44.2 Å². The molecule has 1 atom stereocenters. The predicted octanol–water partition coefficient (Wildman–Crippen LogP) is 3.90. The molecule has 0 aliphatic heterocycles. The number of rotatable bonds is 5. The Kier molecular flexibility index (Phi) is 4.80. The quantitative estimate of drug-likeness (QED) is 0.892. The van der Waals surface area contributed by atoms with Crippen LogP contribution in [0, 0.1) is 0 Å². The number of benzene rings is 2. The molecule has 2 aromatic carbocycles. The highest BCUT2D eigenvalue weighted by Gasteiger charge is 2.12. The van der Waals surface area contributed by atoms with E-state index < -0.39 is 6.10 Å². The molecular formula is C18H22O2. The molecule has 0 saturated carbocycles. The summed E-state index contributed by atoms with van der Waals surface area (Å²) in [7, 11) is 1.64. The molecule has 0 amide bonds. The van der Waals surface area contributed by atoms with Gasteiger partial charge >= 0.3 is 0 Å². The van der Waals surface area contributed by atoms with Crippen LogP contribution in [0.2, 0.25) is 0 Å². The Balaban J connectivity index is 2.34. The molecule has 0 heterocycles. The topological polar surface area (TPSA) is 29.5 Å². The second-order valence-corrected chi connectivity index (χ2v) is 4.91. The van der Waals surface area contributed by atoms with Crippen LogP contribution in [0.5, 0.6) is 5.75 Å². The molecule has 20 heavy (non-hydrogen) atoms. The molecule has 106 valence electrons. The second kappa shape index (κ2) is 6.58. The summed E-state index contributed by atoms with van der Waals surface area (Å²) >= 11 is 0. The average molecular weight is 270 g/mol. The lowest BCUT2D eigenvalue weighted by molar-refractivity contribution is 0.219. The van der Waals surface area contributed by atoms with E-state index in [1.807, 2.05) is 30.3 Å². The minimum atomic E-state index is -0.610. The first kappa shape index (κ1) is 14.6. The molecular weight excluding hydrogens is 248 g/mol. The third kappa shape index (κ3) is 3.02. The van der Waals surface area contributed by atoms with Crippen molar-refractivity contribution < 1.29 is 9.84 Å². The van der Waals surface area contributed by atoms with Crippen molar-refractivity contribution in [2.75, 3.05) is 7.11 Å². The van der Waals surface area contributed by atoms with E-state index in [1.165, 1.54) is 11.1 Å². The third-order valence-electron chi connectivity index (χ3n) is 3.72. The normalized spacial score (nSPS) is 12.2. The smallest absolute Gasteiger partial charge is 0.119 e. The molecule has 0 radical (unpaired) electrons. The Morgan fingerprint density at radius 1 is 0.950 bits per heavy atom. The van der Waals surface area contributed by atoms with Crippen molar-refractivity contribution in [3.63, 3.8) is 0 Å². The zero-order chi connectivity index (χ0) is 14.5. The first-order valence-electron chi connectivity index (χ1n) is 7.13. The van der Waals surface area contributed by atoms with Crippen LogP contribution in [0.3, 0.4) is 0 Å². The van der Waals surface area contributed by atoms with E-state index in [4.69, 9.17) is 4.74 Å². The number of aryl methyl sites for hydroxylation is 2. The fourth-order valence-corrected chi connectivity index (χ4v) is 2.49. The van der Waals surface area contributed by atoms with E-state index in [1.54, 1.807) is 7.11 Å². The van der Waals surface area contributed by atoms with Gasteiger partial charge in [-0.3, -0.25) is 0 Å². The van der Waals surface area contributed by atoms with E-state index in [9.17, 15) is 5.11 Å². The minimum absolute atomic E-state index is 0.610. The fourth-order valence-electron chi connectivity index (χ4n) is 2.49. The van der Waals surface area contributed by atoms with E-state index >= 15 is 0 Å². The molecule has 0 aliphatic carbocycles.